The first kappa shape index (κ1) is 24.5. The molecule has 1 amide bonds. The summed E-state index contributed by atoms with van der Waals surface area (Å²) in [4.78, 5) is 19.7. The zero-order valence-corrected chi connectivity index (χ0v) is 21.2. The first-order valence-corrected chi connectivity index (χ1v) is 11.7. The molecule has 2 aromatic rings. The van der Waals surface area contributed by atoms with Crippen LogP contribution in [-0.4, -0.2) is 52.2 Å². The zero-order valence-electron chi connectivity index (χ0n) is 18.9. The number of hydrogen-bond donors (Lipinski definition) is 2. The number of halogens is 1. The number of hydrogen-bond acceptors (Lipinski definition) is 3. The number of amides is 1. The van der Waals surface area contributed by atoms with Crippen molar-refractivity contribution in [1.29, 1.82) is 0 Å². The van der Waals surface area contributed by atoms with Crippen molar-refractivity contribution in [2.45, 2.75) is 58.0 Å². The van der Waals surface area contributed by atoms with E-state index in [4.69, 9.17) is 4.99 Å². The third-order valence-electron chi connectivity index (χ3n) is 6.29. The summed E-state index contributed by atoms with van der Waals surface area (Å²) in [5.41, 5.74) is 2.15. The molecule has 174 valence electrons. The highest BCUT2D eigenvalue weighted by Crippen LogP contribution is 2.26. The van der Waals surface area contributed by atoms with E-state index in [2.05, 4.69) is 39.7 Å². The van der Waals surface area contributed by atoms with Gasteiger partial charge < -0.3 is 15.5 Å². The molecular weight excluding hydrogens is 515 g/mol. The summed E-state index contributed by atoms with van der Waals surface area (Å²) in [5, 5.41) is 11.3. The average Bonchev–Trinajstić information content (AvgIpc) is 3.50. The minimum Gasteiger partial charge on any atom is -0.357 e. The van der Waals surface area contributed by atoms with Gasteiger partial charge in [0, 0.05) is 44.0 Å². The minimum absolute atomic E-state index is 0. The van der Waals surface area contributed by atoms with E-state index in [1.165, 1.54) is 19.3 Å². The normalized spacial score (nSPS) is 19.5. The Labute approximate surface area is 208 Å². The maximum absolute atomic E-state index is 12.9. The fraction of sp³-hybridized carbons (Fsp3) is 0.542. The number of carbonyl (C=O) groups excluding carboxylic acids is 1. The molecule has 2 heterocycles. The maximum atomic E-state index is 12.9. The molecule has 2 fully saturated rings. The predicted octanol–water partition coefficient (Wildman–Crippen LogP) is 3.73. The van der Waals surface area contributed by atoms with Crippen molar-refractivity contribution in [3.63, 3.8) is 0 Å². The van der Waals surface area contributed by atoms with Crippen molar-refractivity contribution >= 4 is 35.8 Å². The van der Waals surface area contributed by atoms with Gasteiger partial charge >= 0.3 is 0 Å². The van der Waals surface area contributed by atoms with Crippen LogP contribution in [0.5, 0.6) is 0 Å². The number of nitrogens with one attached hydrogen (secondary N) is 2. The van der Waals surface area contributed by atoms with Gasteiger partial charge in [0.2, 0.25) is 5.91 Å². The Balaban J connectivity index is 0.00000289. The summed E-state index contributed by atoms with van der Waals surface area (Å²) in [6, 6.07) is 10.4. The summed E-state index contributed by atoms with van der Waals surface area (Å²) >= 11 is 0. The lowest BCUT2D eigenvalue weighted by Crippen LogP contribution is -2.45. The number of carbonyl (C=O) groups is 1. The molecule has 2 aliphatic rings. The van der Waals surface area contributed by atoms with Crippen LogP contribution in [0.3, 0.4) is 0 Å². The van der Waals surface area contributed by atoms with Gasteiger partial charge in [0.1, 0.15) is 0 Å². The number of benzene rings is 1. The van der Waals surface area contributed by atoms with E-state index in [9.17, 15) is 4.79 Å². The highest BCUT2D eigenvalue weighted by Gasteiger charge is 2.31. The third-order valence-corrected chi connectivity index (χ3v) is 6.29. The molecule has 1 saturated carbocycles. The Kier molecular flexibility index (Phi) is 9.37. The third kappa shape index (κ3) is 6.24. The Morgan fingerprint density at radius 2 is 1.97 bits per heavy atom. The van der Waals surface area contributed by atoms with Crippen LogP contribution < -0.4 is 10.6 Å². The second-order valence-electron chi connectivity index (χ2n) is 8.52. The van der Waals surface area contributed by atoms with E-state index in [0.29, 0.717) is 12.5 Å². The number of aromatic nitrogens is 2. The van der Waals surface area contributed by atoms with Gasteiger partial charge in [0.05, 0.1) is 12.2 Å². The number of nitrogens with zero attached hydrogens (tertiary/aromatic N) is 4. The van der Waals surface area contributed by atoms with Gasteiger partial charge in [0.25, 0.3) is 0 Å². The second-order valence-corrected chi connectivity index (χ2v) is 8.52. The van der Waals surface area contributed by atoms with Crippen LogP contribution in [0.25, 0.3) is 5.69 Å². The van der Waals surface area contributed by atoms with Gasteiger partial charge in [-0.1, -0.05) is 37.5 Å². The van der Waals surface area contributed by atoms with Crippen molar-refractivity contribution in [1.82, 2.24) is 25.3 Å². The van der Waals surface area contributed by atoms with E-state index in [-0.39, 0.29) is 35.9 Å². The van der Waals surface area contributed by atoms with Gasteiger partial charge in [-0.05, 0) is 43.9 Å². The van der Waals surface area contributed by atoms with Crippen LogP contribution in [0.2, 0.25) is 0 Å². The fourth-order valence-corrected chi connectivity index (χ4v) is 4.64. The summed E-state index contributed by atoms with van der Waals surface area (Å²) in [6.07, 6.45) is 10.5. The number of likely N-dealkylation sites (tertiary alicyclic amines) is 1. The maximum Gasteiger partial charge on any atom is 0.225 e. The molecule has 1 atom stereocenters. The Hall–Kier alpha value is -2.10. The molecule has 0 radical (unpaired) electrons. The molecule has 32 heavy (non-hydrogen) atoms. The summed E-state index contributed by atoms with van der Waals surface area (Å²) in [6.45, 7) is 5.04. The molecular formula is C24H35IN6O. The predicted molar refractivity (Wildman–Crippen MR) is 138 cm³/mol. The molecule has 1 saturated heterocycles. The van der Waals surface area contributed by atoms with Crippen molar-refractivity contribution in [2.75, 3.05) is 19.6 Å². The van der Waals surface area contributed by atoms with Crippen molar-refractivity contribution < 1.29 is 4.79 Å². The molecule has 8 heteroatoms. The standard InChI is InChI=1S/C24H34N6O.HI/c1-2-25-24(26-17-20-11-6-7-12-22(20)30-15-8-14-27-30)28-21-13-16-29(18-21)23(31)19-9-4-3-5-10-19;/h6-8,11-12,14-15,19,21H,2-5,9-10,13,16-18H2,1H3,(H2,25,26,28);1H. The summed E-state index contributed by atoms with van der Waals surface area (Å²) in [5.74, 6) is 1.40. The zero-order chi connectivity index (χ0) is 21.5. The lowest BCUT2D eigenvalue weighted by Gasteiger charge is -2.26. The quantitative estimate of drug-likeness (QED) is 0.327. The van der Waals surface area contributed by atoms with Crippen LogP contribution in [-0.2, 0) is 11.3 Å². The largest absolute Gasteiger partial charge is 0.357 e. The molecule has 0 spiro atoms. The first-order valence-electron chi connectivity index (χ1n) is 11.7. The molecule has 1 unspecified atom stereocenters. The Morgan fingerprint density at radius 1 is 1.16 bits per heavy atom. The molecule has 4 rings (SSSR count). The molecule has 0 bridgehead atoms. The van der Waals surface area contributed by atoms with E-state index in [0.717, 1.165) is 56.1 Å². The smallest absolute Gasteiger partial charge is 0.225 e. The minimum atomic E-state index is 0. The van der Waals surface area contributed by atoms with Crippen molar-refractivity contribution in [2.24, 2.45) is 10.9 Å². The summed E-state index contributed by atoms with van der Waals surface area (Å²) in [7, 11) is 0. The van der Waals surface area contributed by atoms with E-state index in [1.807, 2.05) is 29.1 Å². The lowest BCUT2D eigenvalue weighted by molar-refractivity contribution is -0.135. The molecule has 1 aromatic heterocycles. The van der Waals surface area contributed by atoms with Gasteiger partial charge in [-0.15, -0.1) is 24.0 Å². The molecule has 7 nitrogen and oxygen atoms in total. The number of para-hydroxylation sites is 1. The summed E-state index contributed by atoms with van der Waals surface area (Å²) < 4.78 is 1.87. The molecule has 1 aliphatic carbocycles. The van der Waals surface area contributed by atoms with Crippen LogP contribution >= 0.6 is 24.0 Å². The van der Waals surface area contributed by atoms with Crippen LogP contribution in [0.1, 0.15) is 51.0 Å². The monoisotopic (exact) mass is 550 g/mol. The topological polar surface area (TPSA) is 74.6 Å². The van der Waals surface area contributed by atoms with Crippen LogP contribution in [0.15, 0.2) is 47.7 Å². The fourth-order valence-electron chi connectivity index (χ4n) is 4.64. The van der Waals surface area contributed by atoms with E-state index in [1.54, 1.807) is 6.20 Å². The highest BCUT2D eigenvalue weighted by atomic mass is 127. The first-order chi connectivity index (χ1) is 15.2. The number of rotatable bonds is 6. The lowest BCUT2D eigenvalue weighted by atomic mass is 9.88. The van der Waals surface area contributed by atoms with Crippen LogP contribution in [0.4, 0.5) is 0 Å². The number of guanidine groups is 1. The SMILES string of the molecule is CCNC(=NCc1ccccc1-n1cccn1)NC1CCN(C(=O)C2CCCCC2)C1.I. The van der Waals surface area contributed by atoms with Crippen LogP contribution in [0, 0.1) is 5.92 Å². The highest BCUT2D eigenvalue weighted by molar-refractivity contribution is 14.0. The van der Waals surface area contributed by atoms with Crippen molar-refractivity contribution in [3.8, 4) is 5.69 Å². The molecule has 1 aromatic carbocycles. The molecule has 2 N–H and O–H groups in total. The Morgan fingerprint density at radius 3 is 2.72 bits per heavy atom. The van der Waals surface area contributed by atoms with E-state index >= 15 is 0 Å². The Bertz CT molecular complexity index is 878. The number of aliphatic imine (C=N–C) groups is 1. The second kappa shape index (κ2) is 12.2. The van der Waals surface area contributed by atoms with Crippen molar-refractivity contribution in [3.05, 3.63) is 48.3 Å². The molecule has 1 aliphatic heterocycles. The average molecular weight is 550 g/mol. The van der Waals surface area contributed by atoms with Gasteiger partial charge in [-0.3, -0.25) is 4.79 Å². The van der Waals surface area contributed by atoms with E-state index < -0.39 is 0 Å². The van der Waals surface area contributed by atoms with Gasteiger partial charge in [-0.25, -0.2) is 9.67 Å². The van der Waals surface area contributed by atoms with Gasteiger partial charge in [0.15, 0.2) is 5.96 Å². The van der Waals surface area contributed by atoms with Gasteiger partial charge in [-0.2, -0.15) is 5.10 Å².